The summed E-state index contributed by atoms with van der Waals surface area (Å²) in [5.74, 6) is -0.648. The molecule has 0 spiro atoms. The number of pyridine rings is 1. The van der Waals surface area contributed by atoms with E-state index in [1.165, 1.54) is 12.1 Å². The van der Waals surface area contributed by atoms with E-state index in [2.05, 4.69) is 33.3 Å². The smallest absolute Gasteiger partial charge is 0.254 e. The highest BCUT2D eigenvalue weighted by atomic mass is 19.1. The van der Waals surface area contributed by atoms with E-state index in [1.54, 1.807) is 29.2 Å². The molecule has 0 saturated heterocycles. The Balaban J connectivity index is 1.26. The van der Waals surface area contributed by atoms with Crippen molar-refractivity contribution in [1.82, 2.24) is 29.9 Å². The normalized spacial score (nSPS) is 18.5. The third kappa shape index (κ3) is 4.61. The van der Waals surface area contributed by atoms with E-state index in [0.29, 0.717) is 42.7 Å². The summed E-state index contributed by atoms with van der Waals surface area (Å²) in [4.78, 5) is 25.9. The van der Waals surface area contributed by atoms with Gasteiger partial charge in [0.15, 0.2) is 0 Å². The second-order valence-electron chi connectivity index (χ2n) is 9.89. The fraction of sp³-hybridized carbons (Fsp3) is 0.276. The van der Waals surface area contributed by atoms with Crippen LogP contribution in [0.25, 0.3) is 27.9 Å². The number of benzene rings is 2. The van der Waals surface area contributed by atoms with Gasteiger partial charge in [0, 0.05) is 29.1 Å². The third-order valence-electron chi connectivity index (χ3n) is 7.37. The lowest BCUT2D eigenvalue weighted by Crippen LogP contribution is -2.38. The van der Waals surface area contributed by atoms with Crippen molar-refractivity contribution < 1.29 is 14.3 Å². The van der Waals surface area contributed by atoms with Crippen LogP contribution < -0.4 is 5.32 Å². The van der Waals surface area contributed by atoms with Gasteiger partial charge in [-0.15, -0.1) is 0 Å². The molecule has 0 radical (unpaired) electrons. The Bertz CT molecular complexity index is 1640. The molecule has 1 amide bonds. The van der Waals surface area contributed by atoms with E-state index >= 15 is 4.39 Å². The molecule has 1 atom stereocenters. The van der Waals surface area contributed by atoms with Gasteiger partial charge in [-0.05, 0) is 61.6 Å². The Kier molecular flexibility index (Phi) is 6.29. The maximum Gasteiger partial charge on any atom is 0.254 e. The molecule has 2 N–H and O–H groups in total. The second-order valence-corrected chi connectivity index (χ2v) is 9.89. The Morgan fingerprint density at radius 3 is 2.68 bits per heavy atom. The predicted molar refractivity (Wildman–Crippen MR) is 141 cm³/mol. The number of aromatic nitrogens is 5. The van der Waals surface area contributed by atoms with Crippen molar-refractivity contribution in [3.05, 3.63) is 89.8 Å². The summed E-state index contributed by atoms with van der Waals surface area (Å²) in [6, 6.07) is 14.5. The van der Waals surface area contributed by atoms with Gasteiger partial charge >= 0.3 is 0 Å². The first-order valence-electron chi connectivity index (χ1n) is 12.8. The minimum Gasteiger partial charge on any atom is -0.393 e. The van der Waals surface area contributed by atoms with Gasteiger partial charge in [-0.3, -0.25) is 9.78 Å². The summed E-state index contributed by atoms with van der Waals surface area (Å²) in [6.07, 6.45) is 7.42. The standard InChI is InChI=1S/C29H27FN6O2/c1-17(18-5-11-25-19(13-18)3-2-12-31-25)27-16-33-29-32-15-26(35-36(27)29)20-4-10-23(24(30)14-20)28(38)34-21-6-8-22(37)9-7-21/h2-5,10-17,21-22,37H,6-9H2,1H3,(H,34,38)/t17?,21-,22-. The summed E-state index contributed by atoms with van der Waals surface area (Å²) >= 11 is 0. The highest BCUT2D eigenvalue weighted by Crippen LogP contribution is 2.28. The zero-order chi connectivity index (χ0) is 26.2. The molecule has 1 aliphatic carbocycles. The summed E-state index contributed by atoms with van der Waals surface area (Å²) in [5.41, 5.74) is 3.84. The van der Waals surface area contributed by atoms with Gasteiger partial charge < -0.3 is 10.4 Å². The van der Waals surface area contributed by atoms with Crippen LogP contribution in [0.3, 0.4) is 0 Å². The number of rotatable bonds is 5. The number of halogens is 1. The van der Waals surface area contributed by atoms with E-state index in [1.807, 2.05) is 24.3 Å². The molecular weight excluding hydrogens is 483 g/mol. The van der Waals surface area contributed by atoms with E-state index in [0.717, 1.165) is 22.2 Å². The van der Waals surface area contributed by atoms with E-state index < -0.39 is 11.7 Å². The van der Waals surface area contributed by atoms with Gasteiger partial charge in [0.1, 0.15) is 11.5 Å². The minimum absolute atomic E-state index is 0.0170. The van der Waals surface area contributed by atoms with Gasteiger partial charge in [0.2, 0.25) is 0 Å². The number of hydrogen-bond acceptors (Lipinski definition) is 6. The van der Waals surface area contributed by atoms with Crippen LogP contribution in [0.2, 0.25) is 0 Å². The number of amides is 1. The predicted octanol–water partition coefficient (Wildman–Crippen LogP) is 4.66. The molecule has 0 aliphatic heterocycles. The number of hydrogen-bond donors (Lipinski definition) is 2. The average molecular weight is 511 g/mol. The number of aliphatic hydroxyl groups is 1. The number of carbonyl (C=O) groups excluding carboxylic acids is 1. The molecule has 1 fully saturated rings. The number of aliphatic hydroxyl groups excluding tert-OH is 1. The summed E-state index contributed by atoms with van der Waals surface area (Å²) in [7, 11) is 0. The molecule has 38 heavy (non-hydrogen) atoms. The van der Waals surface area contributed by atoms with Crippen molar-refractivity contribution >= 4 is 22.6 Å². The minimum atomic E-state index is -0.623. The summed E-state index contributed by atoms with van der Waals surface area (Å²) in [5, 5.41) is 18.3. The van der Waals surface area contributed by atoms with Crippen molar-refractivity contribution in [2.75, 3.05) is 0 Å². The maximum atomic E-state index is 15.0. The number of imidazole rings is 1. The highest BCUT2D eigenvalue weighted by Gasteiger charge is 2.23. The van der Waals surface area contributed by atoms with Crippen molar-refractivity contribution in [3.63, 3.8) is 0 Å². The first kappa shape index (κ1) is 24.1. The molecule has 1 saturated carbocycles. The lowest BCUT2D eigenvalue weighted by atomic mass is 9.93. The van der Waals surface area contributed by atoms with Crippen LogP contribution in [0, 0.1) is 5.82 Å². The van der Waals surface area contributed by atoms with Gasteiger partial charge in [0.05, 0.1) is 35.3 Å². The number of nitrogens with zero attached hydrogens (tertiary/aromatic N) is 5. The van der Waals surface area contributed by atoms with E-state index in [9.17, 15) is 9.90 Å². The van der Waals surface area contributed by atoms with Crippen LogP contribution in [0.5, 0.6) is 0 Å². The zero-order valence-electron chi connectivity index (χ0n) is 20.9. The Labute approximate surface area is 218 Å². The third-order valence-corrected chi connectivity index (χ3v) is 7.37. The van der Waals surface area contributed by atoms with Crippen LogP contribution in [0.1, 0.15) is 60.1 Å². The molecule has 2 aromatic carbocycles. The molecule has 3 aromatic heterocycles. The van der Waals surface area contributed by atoms with Crippen LogP contribution in [-0.2, 0) is 0 Å². The van der Waals surface area contributed by atoms with Crippen molar-refractivity contribution in [2.24, 2.45) is 0 Å². The lowest BCUT2D eigenvalue weighted by Gasteiger charge is -2.26. The SMILES string of the molecule is CC(c1ccc2ncccc2c1)c1cnc2ncc(-c3ccc(C(=O)N[C@H]4CC[C@H](O)CC4)c(F)c3)nn12. The van der Waals surface area contributed by atoms with Crippen LogP contribution >= 0.6 is 0 Å². The monoisotopic (exact) mass is 510 g/mol. The first-order chi connectivity index (χ1) is 18.5. The quantitative estimate of drug-likeness (QED) is 0.356. The van der Waals surface area contributed by atoms with Crippen molar-refractivity contribution in [2.45, 2.75) is 50.7 Å². The Morgan fingerprint density at radius 2 is 1.87 bits per heavy atom. The average Bonchev–Trinajstić information content (AvgIpc) is 3.37. The van der Waals surface area contributed by atoms with Crippen LogP contribution in [0.4, 0.5) is 4.39 Å². The van der Waals surface area contributed by atoms with Gasteiger partial charge in [0.25, 0.3) is 11.7 Å². The summed E-state index contributed by atoms with van der Waals surface area (Å²) < 4.78 is 16.7. The number of carbonyl (C=O) groups is 1. The molecule has 1 aliphatic rings. The molecule has 192 valence electrons. The topological polar surface area (TPSA) is 105 Å². The number of nitrogens with one attached hydrogen (secondary N) is 1. The van der Waals surface area contributed by atoms with Gasteiger partial charge in [-0.1, -0.05) is 25.1 Å². The van der Waals surface area contributed by atoms with E-state index in [-0.39, 0.29) is 23.6 Å². The van der Waals surface area contributed by atoms with Crippen molar-refractivity contribution in [1.29, 1.82) is 0 Å². The molecule has 0 bridgehead atoms. The Hall–Kier alpha value is -4.24. The lowest BCUT2D eigenvalue weighted by molar-refractivity contribution is 0.0864. The molecule has 3 heterocycles. The van der Waals surface area contributed by atoms with Crippen LogP contribution in [0.15, 0.2) is 67.1 Å². The molecule has 1 unspecified atom stereocenters. The largest absolute Gasteiger partial charge is 0.393 e. The highest BCUT2D eigenvalue weighted by molar-refractivity contribution is 5.95. The van der Waals surface area contributed by atoms with Crippen LogP contribution in [-0.4, -0.2) is 47.7 Å². The van der Waals surface area contributed by atoms with Gasteiger partial charge in [-0.25, -0.2) is 18.9 Å². The fourth-order valence-corrected chi connectivity index (χ4v) is 5.10. The van der Waals surface area contributed by atoms with E-state index in [4.69, 9.17) is 5.10 Å². The first-order valence-corrected chi connectivity index (χ1v) is 12.8. The van der Waals surface area contributed by atoms with Crippen molar-refractivity contribution in [3.8, 4) is 11.3 Å². The molecule has 8 nitrogen and oxygen atoms in total. The maximum absolute atomic E-state index is 15.0. The van der Waals surface area contributed by atoms with Gasteiger partial charge in [-0.2, -0.15) is 5.10 Å². The Morgan fingerprint density at radius 1 is 1.05 bits per heavy atom. The zero-order valence-corrected chi connectivity index (χ0v) is 20.9. The summed E-state index contributed by atoms with van der Waals surface area (Å²) in [6.45, 7) is 2.08. The second kappa shape index (κ2) is 9.90. The fourth-order valence-electron chi connectivity index (χ4n) is 5.10. The molecule has 6 rings (SSSR count). The molecule has 5 aromatic rings. The molecular formula is C29H27FN6O2. The molecule has 9 heteroatoms. The number of fused-ring (bicyclic) bond motifs is 2.